The van der Waals surface area contributed by atoms with Crippen LogP contribution in [0.1, 0.15) is 33.1 Å². The predicted molar refractivity (Wildman–Crippen MR) is 92.7 cm³/mol. The van der Waals surface area contributed by atoms with Crippen molar-refractivity contribution in [3.8, 4) is 0 Å². The van der Waals surface area contributed by atoms with Crippen molar-refractivity contribution in [1.82, 2.24) is 20.5 Å². The number of aromatic nitrogens is 1. The quantitative estimate of drug-likeness (QED) is 0.883. The number of pyridine rings is 1. The summed E-state index contributed by atoms with van der Waals surface area (Å²) in [5.41, 5.74) is 1.04. The number of thiophene rings is 1. The summed E-state index contributed by atoms with van der Waals surface area (Å²) >= 11 is 1.43. The number of nitrogens with one attached hydrogen (secondary N) is 2. The third-order valence-electron chi connectivity index (χ3n) is 3.96. The van der Waals surface area contributed by atoms with E-state index < -0.39 is 0 Å². The Balaban J connectivity index is 1.76. The average molecular weight is 344 g/mol. The highest BCUT2D eigenvalue weighted by Crippen LogP contribution is 2.26. The number of carbonyl (C=O) groups excluding carboxylic acids is 2. The van der Waals surface area contributed by atoms with Gasteiger partial charge in [-0.05, 0) is 23.8 Å². The summed E-state index contributed by atoms with van der Waals surface area (Å²) < 4.78 is 0. The van der Waals surface area contributed by atoms with Crippen LogP contribution in [0.2, 0.25) is 0 Å². The molecular weight excluding hydrogens is 324 g/mol. The fourth-order valence-electron chi connectivity index (χ4n) is 2.76. The number of hydrogen-bond donors (Lipinski definition) is 2. The van der Waals surface area contributed by atoms with Crippen LogP contribution in [0.25, 0.3) is 0 Å². The fraction of sp³-hybridized carbons (Fsp3) is 0.353. The lowest BCUT2D eigenvalue weighted by Crippen LogP contribution is -2.48. The van der Waals surface area contributed by atoms with E-state index in [4.69, 9.17) is 0 Å². The van der Waals surface area contributed by atoms with Crippen LogP contribution < -0.4 is 10.6 Å². The second-order valence-electron chi connectivity index (χ2n) is 5.68. The van der Waals surface area contributed by atoms with E-state index in [0.29, 0.717) is 18.0 Å². The van der Waals surface area contributed by atoms with E-state index in [1.807, 2.05) is 35.4 Å². The molecule has 1 aliphatic rings. The summed E-state index contributed by atoms with van der Waals surface area (Å²) in [6.07, 6.45) is 3.55. The zero-order chi connectivity index (χ0) is 16.9. The van der Waals surface area contributed by atoms with Gasteiger partial charge in [0.1, 0.15) is 0 Å². The first-order chi connectivity index (χ1) is 11.6. The molecule has 0 saturated carbocycles. The molecule has 0 aliphatic carbocycles. The summed E-state index contributed by atoms with van der Waals surface area (Å²) in [5, 5.41) is 6.10. The third-order valence-corrected chi connectivity index (χ3v) is 5.03. The molecule has 0 spiro atoms. The van der Waals surface area contributed by atoms with Gasteiger partial charge < -0.3 is 15.5 Å². The monoisotopic (exact) mass is 344 g/mol. The van der Waals surface area contributed by atoms with Crippen LogP contribution in [-0.4, -0.2) is 41.3 Å². The summed E-state index contributed by atoms with van der Waals surface area (Å²) in [4.78, 5) is 31.7. The van der Waals surface area contributed by atoms with Gasteiger partial charge in [0.05, 0.1) is 17.5 Å². The highest BCUT2D eigenvalue weighted by Gasteiger charge is 2.29. The number of rotatable bonds is 4. The van der Waals surface area contributed by atoms with Crippen LogP contribution in [-0.2, 0) is 11.3 Å². The molecule has 0 aromatic carbocycles. The van der Waals surface area contributed by atoms with Gasteiger partial charge in [0.25, 0.3) is 5.91 Å². The molecule has 2 N–H and O–H groups in total. The van der Waals surface area contributed by atoms with Gasteiger partial charge in [-0.25, -0.2) is 0 Å². The number of hydrogen-bond acceptors (Lipinski definition) is 5. The molecule has 6 nitrogen and oxygen atoms in total. The molecule has 0 radical (unpaired) electrons. The summed E-state index contributed by atoms with van der Waals surface area (Å²) in [5.74, 6) is -0.0422. The van der Waals surface area contributed by atoms with E-state index >= 15 is 0 Å². The Morgan fingerprint density at radius 3 is 3.04 bits per heavy atom. The molecule has 1 fully saturated rings. The highest BCUT2D eigenvalue weighted by atomic mass is 32.1. The Kier molecular flexibility index (Phi) is 5.22. The minimum Gasteiger partial charge on any atom is -0.351 e. The molecule has 1 aliphatic heterocycles. The summed E-state index contributed by atoms with van der Waals surface area (Å²) in [6.45, 7) is 4.12. The van der Waals surface area contributed by atoms with Crippen LogP contribution in [0, 0.1) is 0 Å². The average Bonchev–Trinajstić information content (AvgIpc) is 3.09. The smallest absolute Gasteiger partial charge is 0.264 e. The van der Waals surface area contributed by atoms with E-state index in [-0.39, 0.29) is 17.9 Å². The van der Waals surface area contributed by atoms with Gasteiger partial charge in [-0.2, -0.15) is 0 Å². The van der Waals surface area contributed by atoms with E-state index in [2.05, 4.69) is 15.6 Å². The van der Waals surface area contributed by atoms with Crippen LogP contribution in [0.15, 0.2) is 36.7 Å². The SMILES string of the molecule is CC(=O)NCc1ccc(C(=O)N2CCNCC2c2cccnc2)s1. The highest BCUT2D eigenvalue weighted by molar-refractivity contribution is 7.14. The Hall–Kier alpha value is -2.25. The van der Waals surface area contributed by atoms with E-state index in [0.717, 1.165) is 23.5 Å². The lowest BCUT2D eigenvalue weighted by molar-refractivity contribution is -0.119. The number of amides is 2. The second kappa shape index (κ2) is 7.55. The van der Waals surface area contributed by atoms with Crippen molar-refractivity contribution in [3.63, 3.8) is 0 Å². The van der Waals surface area contributed by atoms with Crippen molar-refractivity contribution >= 4 is 23.2 Å². The molecule has 2 aromatic rings. The van der Waals surface area contributed by atoms with Gasteiger partial charge in [0, 0.05) is 43.8 Å². The predicted octanol–water partition coefficient (Wildman–Crippen LogP) is 1.57. The first kappa shape index (κ1) is 16.6. The van der Waals surface area contributed by atoms with Crippen LogP contribution in [0.4, 0.5) is 0 Å². The normalized spacial score (nSPS) is 17.5. The zero-order valence-electron chi connectivity index (χ0n) is 13.5. The van der Waals surface area contributed by atoms with E-state index in [9.17, 15) is 9.59 Å². The molecule has 3 heterocycles. The first-order valence-corrected chi connectivity index (χ1v) is 8.71. The zero-order valence-corrected chi connectivity index (χ0v) is 14.3. The maximum Gasteiger partial charge on any atom is 0.264 e. The Morgan fingerprint density at radius 1 is 1.42 bits per heavy atom. The number of nitrogens with zero attached hydrogens (tertiary/aromatic N) is 2. The molecule has 1 atom stereocenters. The van der Waals surface area contributed by atoms with Crippen molar-refractivity contribution in [2.75, 3.05) is 19.6 Å². The largest absolute Gasteiger partial charge is 0.351 e. The van der Waals surface area contributed by atoms with Crippen LogP contribution in [0.5, 0.6) is 0 Å². The van der Waals surface area contributed by atoms with Gasteiger partial charge in [-0.15, -0.1) is 11.3 Å². The van der Waals surface area contributed by atoms with E-state index in [1.54, 1.807) is 6.20 Å². The Labute approximate surface area is 144 Å². The maximum absolute atomic E-state index is 12.9. The van der Waals surface area contributed by atoms with Crippen LogP contribution >= 0.6 is 11.3 Å². The Morgan fingerprint density at radius 2 is 2.29 bits per heavy atom. The van der Waals surface area contributed by atoms with Gasteiger partial charge in [0.15, 0.2) is 0 Å². The lowest BCUT2D eigenvalue weighted by Gasteiger charge is -2.36. The molecule has 7 heteroatoms. The fourth-order valence-corrected chi connectivity index (χ4v) is 3.66. The van der Waals surface area contributed by atoms with Crippen molar-refractivity contribution in [3.05, 3.63) is 52.0 Å². The van der Waals surface area contributed by atoms with Gasteiger partial charge >= 0.3 is 0 Å². The van der Waals surface area contributed by atoms with Gasteiger partial charge in [-0.3, -0.25) is 14.6 Å². The Bertz CT molecular complexity index is 716. The molecule has 2 amide bonds. The van der Waals surface area contributed by atoms with Crippen molar-refractivity contribution < 1.29 is 9.59 Å². The third kappa shape index (κ3) is 3.80. The molecule has 24 heavy (non-hydrogen) atoms. The first-order valence-electron chi connectivity index (χ1n) is 7.90. The van der Waals surface area contributed by atoms with Crippen molar-refractivity contribution in [1.29, 1.82) is 0 Å². The minimum atomic E-state index is -0.0741. The standard InChI is InChI=1S/C17H20N4O2S/c1-12(22)20-10-14-4-5-16(24-14)17(23)21-8-7-19-11-15(21)13-3-2-6-18-9-13/h2-6,9,15,19H,7-8,10-11H2,1H3,(H,20,22). The molecule has 126 valence electrons. The molecular formula is C17H20N4O2S. The molecule has 1 saturated heterocycles. The lowest BCUT2D eigenvalue weighted by atomic mass is 10.1. The van der Waals surface area contributed by atoms with Crippen LogP contribution in [0.3, 0.4) is 0 Å². The van der Waals surface area contributed by atoms with Crippen molar-refractivity contribution in [2.24, 2.45) is 0 Å². The van der Waals surface area contributed by atoms with Gasteiger partial charge in [-0.1, -0.05) is 6.07 Å². The topological polar surface area (TPSA) is 74.3 Å². The minimum absolute atomic E-state index is 0.0131. The number of carbonyl (C=O) groups is 2. The molecule has 3 rings (SSSR count). The van der Waals surface area contributed by atoms with E-state index in [1.165, 1.54) is 18.3 Å². The molecule has 0 bridgehead atoms. The molecule has 1 unspecified atom stereocenters. The van der Waals surface area contributed by atoms with Gasteiger partial charge in [0.2, 0.25) is 5.91 Å². The summed E-state index contributed by atoms with van der Waals surface area (Å²) in [7, 11) is 0. The van der Waals surface area contributed by atoms with Crippen molar-refractivity contribution in [2.45, 2.75) is 19.5 Å². The summed E-state index contributed by atoms with van der Waals surface area (Å²) in [6, 6.07) is 7.62. The molecule has 2 aromatic heterocycles. The number of piperazine rings is 1. The maximum atomic E-state index is 12.9. The second-order valence-corrected chi connectivity index (χ2v) is 6.85.